The molecule has 0 N–H and O–H groups in total. The maximum absolute atomic E-state index is 5.16. The Balaban J connectivity index is 1.17. The molecule has 0 amide bonds. The predicted octanol–water partition coefficient (Wildman–Crippen LogP) is 10.2. The lowest BCUT2D eigenvalue weighted by Crippen LogP contribution is -2.74. The van der Waals surface area contributed by atoms with E-state index in [2.05, 4.69) is 233 Å². The molecule has 0 fully saturated rings. The highest BCUT2D eigenvalue weighted by atomic mass is 28.3. The van der Waals surface area contributed by atoms with Gasteiger partial charge in [0.25, 0.3) is 0 Å². The fraction of sp³-hybridized carbons (Fsp3) is 0.0182. The van der Waals surface area contributed by atoms with Crippen molar-refractivity contribution < 1.29 is 0 Å². The second-order valence-corrected chi connectivity index (χ2v) is 19.7. The Hall–Kier alpha value is -7.80. The lowest BCUT2D eigenvalue weighted by atomic mass is 10.1. The van der Waals surface area contributed by atoms with Crippen molar-refractivity contribution in [2.75, 3.05) is 0 Å². The molecule has 288 valence electrons. The molecule has 6 heteroatoms. The minimum absolute atomic E-state index is 0.939. The number of benzene rings is 8. The summed E-state index contributed by atoms with van der Waals surface area (Å²) in [6.07, 6.45) is 1.92. The van der Waals surface area contributed by atoms with Crippen LogP contribution in [0.5, 0.6) is 0 Å². The summed E-state index contributed by atoms with van der Waals surface area (Å²) in [4.78, 5) is 10.3. The lowest BCUT2D eigenvalue weighted by Gasteiger charge is -2.35. The zero-order valence-corrected chi connectivity index (χ0v) is 34.5. The minimum atomic E-state index is -3.01. The molecule has 0 bridgehead atoms. The monoisotopic (exact) mass is 797 g/mol. The van der Waals surface area contributed by atoms with E-state index >= 15 is 0 Å². The smallest absolute Gasteiger partial charge is 0.179 e. The first kappa shape index (κ1) is 35.2. The van der Waals surface area contributed by atoms with E-state index in [4.69, 9.17) is 9.97 Å². The van der Waals surface area contributed by atoms with Crippen molar-refractivity contribution in [3.05, 3.63) is 219 Å². The Bertz CT molecular complexity index is 3560. The molecule has 12 rings (SSSR count). The van der Waals surface area contributed by atoms with E-state index in [9.17, 15) is 0 Å². The van der Waals surface area contributed by atoms with Gasteiger partial charge in [0.1, 0.15) is 11.5 Å². The molecule has 0 aliphatic heterocycles. The van der Waals surface area contributed by atoms with Gasteiger partial charge < -0.3 is 9.13 Å². The molecule has 0 unspecified atom stereocenters. The number of aromatic nitrogens is 5. The number of nitrogens with zero attached hydrogens (tertiary/aromatic N) is 5. The van der Waals surface area contributed by atoms with Crippen molar-refractivity contribution in [1.29, 1.82) is 0 Å². The van der Waals surface area contributed by atoms with E-state index in [0.717, 1.165) is 55.9 Å². The van der Waals surface area contributed by atoms with Crippen LogP contribution >= 0.6 is 0 Å². The van der Waals surface area contributed by atoms with Gasteiger partial charge in [-0.15, -0.1) is 0 Å². The third kappa shape index (κ3) is 5.26. The van der Waals surface area contributed by atoms with Gasteiger partial charge in [0.15, 0.2) is 8.07 Å². The van der Waals surface area contributed by atoms with Gasteiger partial charge in [-0.3, -0.25) is 4.57 Å². The van der Waals surface area contributed by atoms with Gasteiger partial charge in [0.05, 0.1) is 27.6 Å². The van der Waals surface area contributed by atoms with Crippen LogP contribution in [0, 0.1) is 0 Å². The van der Waals surface area contributed by atoms with Crippen molar-refractivity contribution in [3.63, 3.8) is 0 Å². The van der Waals surface area contributed by atoms with Crippen molar-refractivity contribution in [3.8, 4) is 22.8 Å². The number of rotatable bonds is 7. The summed E-state index contributed by atoms with van der Waals surface area (Å²) < 4.78 is 7.04. The standard InChI is InChI=1S/C55H39N5Si/c1-58-50-32-14-12-30-48(50)57-54(58)38-18-15-26-43(36-38)61(41-22-7-3-8-23-41,42-24-9-4-10-25-42)44-27-16-21-40(37-44)60-53-45(46-29-17-35-56-55(46)60)33-34-51-52(53)47-28-11-13-31-49(47)59(51)39-19-5-2-6-20-39/h2-37H,1H3. The Labute approximate surface area is 354 Å². The van der Waals surface area contributed by atoms with Gasteiger partial charge in [-0.2, -0.15) is 0 Å². The van der Waals surface area contributed by atoms with Gasteiger partial charge in [0, 0.05) is 51.7 Å². The second-order valence-electron chi connectivity index (χ2n) is 15.9. The average molecular weight is 798 g/mol. The normalized spacial score (nSPS) is 12.0. The van der Waals surface area contributed by atoms with E-state index in [0.29, 0.717) is 0 Å². The third-order valence-electron chi connectivity index (χ3n) is 12.6. The molecular formula is C55H39N5Si. The number of hydrogen-bond acceptors (Lipinski definition) is 2. The van der Waals surface area contributed by atoms with Crippen molar-refractivity contribution in [2.24, 2.45) is 7.05 Å². The maximum atomic E-state index is 5.16. The molecule has 5 nitrogen and oxygen atoms in total. The summed E-state index contributed by atoms with van der Waals surface area (Å²) in [5, 5.41) is 9.94. The quantitative estimate of drug-likeness (QED) is 0.119. The van der Waals surface area contributed by atoms with Crippen LogP contribution in [0.15, 0.2) is 219 Å². The molecule has 0 spiro atoms. The molecule has 0 atom stereocenters. The molecule has 4 aromatic heterocycles. The minimum Gasteiger partial charge on any atom is -0.327 e. The number of pyridine rings is 1. The van der Waals surface area contributed by atoms with Crippen molar-refractivity contribution in [2.45, 2.75) is 0 Å². The van der Waals surface area contributed by atoms with E-state index in [1.807, 2.05) is 6.20 Å². The van der Waals surface area contributed by atoms with E-state index in [1.54, 1.807) is 0 Å². The lowest BCUT2D eigenvalue weighted by molar-refractivity contribution is 0.959. The van der Waals surface area contributed by atoms with E-state index < -0.39 is 8.07 Å². The highest BCUT2D eigenvalue weighted by molar-refractivity contribution is 7.20. The Kier molecular flexibility index (Phi) is 8.02. The number of aryl methyl sites for hydroxylation is 1. The van der Waals surface area contributed by atoms with Gasteiger partial charge in [-0.05, 0) is 81.4 Å². The molecule has 61 heavy (non-hydrogen) atoms. The first-order valence-corrected chi connectivity index (χ1v) is 22.8. The molecule has 12 aromatic rings. The second kappa shape index (κ2) is 13.9. The first-order valence-electron chi connectivity index (χ1n) is 20.8. The molecule has 0 aliphatic rings. The van der Waals surface area contributed by atoms with E-state index in [1.165, 1.54) is 42.4 Å². The number of imidazole rings is 1. The number of hydrogen-bond donors (Lipinski definition) is 0. The zero-order chi connectivity index (χ0) is 40.5. The van der Waals surface area contributed by atoms with Crippen LogP contribution in [0.2, 0.25) is 0 Å². The van der Waals surface area contributed by atoms with Crippen molar-refractivity contribution >= 4 is 83.6 Å². The Morgan fingerprint density at radius 2 is 1.03 bits per heavy atom. The fourth-order valence-electron chi connectivity index (χ4n) is 10.0. The summed E-state index contributed by atoms with van der Waals surface area (Å²) in [5.74, 6) is 0.955. The molecule has 8 aromatic carbocycles. The zero-order valence-electron chi connectivity index (χ0n) is 33.5. The van der Waals surface area contributed by atoms with E-state index in [-0.39, 0.29) is 0 Å². The van der Waals surface area contributed by atoms with Crippen LogP contribution in [0.3, 0.4) is 0 Å². The predicted molar refractivity (Wildman–Crippen MR) is 256 cm³/mol. The third-order valence-corrected chi connectivity index (χ3v) is 17.4. The average Bonchev–Trinajstić information content (AvgIpc) is 3.98. The van der Waals surface area contributed by atoms with Gasteiger partial charge >= 0.3 is 0 Å². The molecule has 0 saturated carbocycles. The SMILES string of the molecule is Cn1c(-c2cccc([Si](c3ccccc3)(c3ccccc3)c3cccc(-n4c5ncccc5c5ccc6c(c7ccccc7n6-c6ccccc6)c54)c3)c2)nc2ccccc21. The van der Waals surface area contributed by atoms with Crippen LogP contribution in [0.1, 0.15) is 0 Å². The van der Waals surface area contributed by atoms with Crippen LogP contribution in [-0.4, -0.2) is 31.7 Å². The Morgan fingerprint density at radius 3 is 1.79 bits per heavy atom. The molecule has 0 radical (unpaired) electrons. The summed E-state index contributed by atoms with van der Waals surface area (Å²) >= 11 is 0. The topological polar surface area (TPSA) is 40.6 Å². The van der Waals surface area contributed by atoms with Gasteiger partial charge in [-0.25, -0.2) is 9.97 Å². The highest BCUT2D eigenvalue weighted by Crippen LogP contribution is 2.41. The molecule has 0 saturated heterocycles. The Morgan fingerprint density at radius 1 is 0.426 bits per heavy atom. The highest BCUT2D eigenvalue weighted by Gasteiger charge is 2.42. The number of fused-ring (bicyclic) bond motifs is 8. The van der Waals surface area contributed by atoms with Crippen LogP contribution in [0.4, 0.5) is 0 Å². The van der Waals surface area contributed by atoms with Crippen LogP contribution in [-0.2, 0) is 7.05 Å². The number of para-hydroxylation sites is 4. The molecule has 0 aliphatic carbocycles. The summed E-state index contributed by atoms with van der Waals surface area (Å²) in [6, 6.07) is 77.6. The summed E-state index contributed by atoms with van der Waals surface area (Å²) in [7, 11) is -0.893. The van der Waals surface area contributed by atoms with Crippen LogP contribution < -0.4 is 20.7 Å². The molecular weight excluding hydrogens is 759 g/mol. The van der Waals surface area contributed by atoms with Crippen molar-refractivity contribution in [1.82, 2.24) is 23.7 Å². The summed E-state index contributed by atoms with van der Waals surface area (Å²) in [6.45, 7) is 0. The summed E-state index contributed by atoms with van der Waals surface area (Å²) in [5.41, 5.74) is 9.86. The first-order chi connectivity index (χ1) is 30.2. The van der Waals surface area contributed by atoms with Gasteiger partial charge in [0.2, 0.25) is 0 Å². The maximum Gasteiger partial charge on any atom is 0.179 e. The largest absolute Gasteiger partial charge is 0.327 e. The van der Waals surface area contributed by atoms with Crippen LogP contribution in [0.25, 0.3) is 77.5 Å². The fourth-order valence-corrected chi connectivity index (χ4v) is 14.9. The van der Waals surface area contributed by atoms with Gasteiger partial charge in [-0.1, -0.05) is 152 Å². The molecule has 4 heterocycles.